The zero-order chi connectivity index (χ0) is 20.1. The normalized spacial score (nSPS) is 11.8. The topological polar surface area (TPSA) is 75.6 Å². The van der Waals surface area contributed by atoms with Crippen LogP contribution in [0.4, 0.5) is 0 Å². The fourth-order valence-electron chi connectivity index (χ4n) is 3.12. The summed E-state index contributed by atoms with van der Waals surface area (Å²) in [5, 5.41) is 15.7. The van der Waals surface area contributed by atoms with E-state index in [1.165, 1.54) is 0 Å². The molecule has 0 fully saturated rings. The summed E-state index contributed by atoms with van der Waals surface area (Å²) in [6.45, 7) is 1.89. The highest BCUT2D eigenvalue weighted by Gasteiger charge is 2.23. The van der Waals surface area contributed by atoms with Crippen molar-refractivity contribution < 1.29 is 19.4 Å². The fraction of sp³-hybridized carbons (Fsp3) is 0.182. The quantitative estimate of drug-likeness (QED) is 0.478. The number of ether oxygens (including phenoxy) is 1. The average molecular weight is 398 g/mol. The first-order valence-electron chi connectivity index (χ1n) is 8.90. The second-order valence-corrected chi connectivity index (χ2v) is 6.69. The van der Waals surface area contributed by atoms with Crippen LogP contribution in [0.5, 0.6) is 5.75 Å². The summed E-state index contributed by atoms with van der Waals surface area (Å²) in [6, 6.07) is 17.3. The van der Waals surface area contributed by atoms with Gasteiger partial charge in [0.05, 0.1) is 12.6 Å². The van der Waals surface area contributed by atoms with Crippen LogP contribution in [0.1, 0.15) is 30.5 Å². The maximum Gasteiger partial charge on any atom is 0.315 e. The Kier molecular flexibility index (Phi) is 6.16. The Morgan fingerprint density at radius 3 is 2.50 bits per heavy atom. The van der Waals surface area contributed by atoms with Gasteiger partial charge in [-0.25, -0.2) is 0 Å². The fourth-order valence-corrected chi connectivity index (χ4v) is 3.25. The number of hydrogen-bond donors (Lipinski definition) is 2. The molecule has 0 saturated carbocycles. The number of aromatic hydroxyl groups is 1. The molecule has 1 atom stereocenters. The number of phenolic OH excluding ortho intramolecular Hbond substituents is 1. The molecule has 1 amide bonds. The van der Waals surface area contributed by atoms with E-state index in [2.05, 4.69) is 5.32 Å². The van der Waals surface area contributed by atoms with E-state index in [0.717, 1.165) is 16.3 Å². The van der Waals surface area contributed by atoms with Gasteiger partial charge in [-0.05, 0) is 41.5 Å². The lowest BCUT2D eigenvalue weighted by atomic mass is 9.92. The van der Waals surface area contributed by atoms with E-state index in [-0.39, 0.29) is 12.4 Å². The molecular weight excluding hydrogens is 378 g/mol. The van der Waals surface area contributed by atoms with Crippen molar-refractivity contribution in [3.8, 4) is 5.75 Å². The van der Waals surface area contributed by atoms with Crippen LogP contribution in [0.15, 0.2) is 60.7 Å². The number of nitrogens with one attached hydrogen (secondary N) is 1. The number of halogens is 1. The Bertz CT molecular complexity index is 1000. The lowest BCUT2D eigenvalue weighted by Gasteiger charge is -2.22. The van der Waals surface area contributed by atoms with E-state index in [9.17, 15) is 14.7 Å². The molecule has 2 N–H and O–H groups in total. The summed E-state index contributed by atoms with van der Waals surface area (Å²) < 4.78 is 4.85. The minimum atomic E-state index is -0.662. The van der Waals surface area contributed by atoms with Gasteiger partial charge in [-0.3, -0.25) is 9.59 Å². The number of carbonyl (C=O) groups is 2. The van der Waals surface area contributed by atoms with E-state index in [0.29, 0.717) is 10.6 Å². The highest BCUT2D eigenvalue weighted by molar-refractivity contribution is 6.30. The molecule has 0 radical (unpaired) electrons. The smallest absolute Gasteiger partial charge is 0.315 e. The lowest BCUT2D eigenvalue weighted by Crippen LogP contribution is -2.31. The van der Waals surface area contributed by atoms with E-state index in [4.69, 9.17) is 16.3 Å². The predicted octanol–water partition coefficient (Wildman–Crippen LogP) is 4.36. The van der Waals surface area contributed by atoms with Crippen molar-refractivity contribution in [3.05, 3.63) is 76.8 Å². The Morgan fingerprint density at radius 2 is 1.79 bits per heavy atom. The Hall–Kier alpha value is -3.05. The SMILES string of the molecule is CCOC(=O)CC(=O)NC(c1ccc(Cl)cc1)c1c(O)ccc2ccccc12. The molecule has 0 aromatic heterocycles. The first-order valence-corrected chi connectivity index (χ1v) is 9.28. The predicted molar refractivity (Wildman–Crippen MR) is 108 cm³/mol. The van der Waals surface area contributed by atoms with Crippen molar-refractivity contribution in [2.24, 2.45) is 0 Å². The average Bonchev–Trinajstić information content (AvgIpc) is 2.67. The first-order chi connectivity index (χ1) is 13.5. The van der Waals surface area contributed by atoms with E-state index < -0.39 is 24.3 Å². The molecule has 0 aliphatic heterocycles. The third-order valence-corrected chi connectivity index (χ3v) is 4.61. The molecule has 0 heterocycles. The van der Waals surface area contributed by atoms with E-state index in [1.54, 1.807) is 37.3 Å². The van der Waals surface area contributed by atoms with E-state index in [1.807, 2.05) is 30.3 Å². The number of hydrogen-bond acceptors (Lipinski definition) is 4. The standard InChI is InChI=1S/C22H20ClNO4/c1-2-28-20(27)13-19(26)24-22(15-7-10-16(23)11-8-15)21-17-6-4-3-5-14(17)9-12-18(21)25/h3-12,22,25H,2,13H2,1H3,(H,24,26). The molecule has 28 heavy (non-hydrogen) atoms. The summed E-state index contributed by atoms with van der Waals surface area (Å²) in [6.07, 6.45) is -0.399. The van der Waals surface area contributed by atoms with Gasteiger partial charge < -0.3 is 15.2 Å². The second-order valence-electron chi connectivity index (χ2n) is 6.25. The summed E-state index contributed by atoms with van der Waals surface area (Å²) in [5.41, 5.74) is 1.28. The van der Waals surface area contributed by atoms with Crippen molar-refractivity contribution in [2.45, 2.75) is 19.4 Å². The summed E-state index contributed by atoms with van der Waals surface area (Å²) in [7, 11) is 0. The molecule has 0 spiro atoms. The van der Waals surface area contributed by atoms with Gasteiger partial charge in [-0.2, -0.15) is 0 Å². The minimum Gasteiger partial charge on any atom is -0.508 e. The number of rotatable bonds is 6. The zero-order valence-electron chi connectivity index (χ0n) is 15.3. The van der Waals surface area contributed by atoms with Gasteiger partial charge in [0.2, 0.25) is 5.91 Å². The molecule has 6 heteroatoms. The summed E-state index contributed by atoms with van der Waals surface area (Å²) >= 11 is 6.00. The number of phenols is 1. The van der Waals surface area contributed by atoms with Gasteiger partial charge in [0.1, 0.15) is 12.2 Å². The molecule has 5 nitrogen and oxygen atoms in total. The second kappa shape index (κ2) is 8.76. The third kappa shape index (κ3) is 4.43. The number of amides is 1. The molecule has 144 valence electrons. The van der Waals surface area contributed by atoms with Crippen molar-refractivity contribution in [1.29, 1.82) is 0 Å². The minimum absolute atomic E-state index is 0.0510. The molecule has 0 saturated heterocycles. The first kappa shape index (κ1) is 19.7. The number of esters is 1. The van der Waals surface area contributed by atoms with Crippen molar-refractivity contribution in [1.82, 2.24) is 5.32 Å². The highest BCUT2D eigenvalue weighted by atomic mass is 35.5. The Labute approximate surface area is 167 Å². The van der Waals surface area contributed by atoms with Crippen LogP contribution >= 0.6 is 11.6 Å². The zero-order valence-corrected chi connectivity index (χ0v) is 16.1. The van der Waals surface area contributed by atoms with Crippen LogP contribution in [-0.4, -0.2) is 23.6 Å². The lowest BCUT2D eigenvalue weighted by molar-refractivity contribution is -0.146. The van der Waals surface area contributed by atoms with Crippen LogP contribution in [0.2, 0.25) is 5.02 Å². The number of benzene rings is 3. The molecule has 0 aliphatic carbocycles. The van der Waals surface area contributed by atoms with Gasteiger partial charge in [0.25, 0.3) is 0 Å². The molecule has 1 unspecified atom stereocenters. The Balaban J connectivity index is 2.05. The van der Waals surface area contributed by atoms with Gasteiger partial charge in [0, 0.05) is 10.6 Å². The van der Waals surface area contributed by atoms with Crippen molar-refractivity contribution in [2.75, 3.05) is 6.61 Å². The molecule has 0 bridgehead atoms. The maximum atomic E-state index is 12.5. The monoisotopic (exact) mass is 397 g/mol. The summed E-state index contributed by atoms with van der Waals surface area (Å²) in [4.78, 5) is 24.2. The molecule has 3 aromatic carbocycles. The van der Waals surface area contributed by atoms with Gasteiger partial charge in [-0.15, -0.1) is 0 Å². The Morgan fingerprint density at radius 1 is 1.07 bits per heavy atom. The molecule has 3 rings (SSSR count). The maximum absolute atomic E-state index is 12.5. The third-order valence-electron chi connectivity index (χ3n) is 4.36. The van der Waals surface area contributed by atoms with E-state index >= 15 is 0 Å². The largest absolute Gasteiger partial charge is 0.508 e. The molecular formula is C22H20ClNO4. The van der Waals surface area contributed by atoms with Crippen LogP contribution < -0.4 is 5.32 Å². The van der Waals surface area contributed by atoms with Crippen molar-refractivity contribution >= 4 is 34.2 Å². The van der Waals surface area contributed by atoms with Gasteiger partial charge >= 0.3 is 5.97 Å². The van der Waals surface area contributed by atoms with Crippen LogP contribution in [-0.2, 0) is 14.3 Å². The van der Waals surface area contributed by atoms with Crippen LogP contribution in [0.25, 0.3) is 10.8 Å². The molecule has 3 aromatic rings. The van der Waals surface area contributed by atoms with Gasteiger partial charge in [0.15, 0.2) is 0 Å². The number of carbonyl (C=O) groups excluding carboxylic acids is 2. The van der Waals surface area contributed by atoms with Gasteiger partial charge in [-0.1, -0.05) is 54.1 Å². The van der Waals surface area contributed by atoms with Crippen molar-refractivity contribution in [3.63, 3.8) is 0 Å². The highest BCUT2D eigenvalue weighted by Crippen LogP contribution is 2.36. The van der Waals surface area contributed by atoms with Crippen LogP contribution in [0, 0.1) is 0 Å². The summed E-state index contributed by atoms with van der Waals surface area (Å²) in [5.74, 6) is -1.04. The van der Waals surface area contributed by atoms with Crippen LogP contribution in [0.3, 0.4) is 0 Å². The molecule has 0 aliphatic rings. The number of fused-ring (bicyclic) bond motifs is 1.